The standard InChI is InChI=1S/C16H15NO2/c1-11-3-4-14(9-12(11)2)15(16(18)19)10-13-5-7-17-8-6-13/h3-10H,1-2H3,(H,18,19)/b15-10-. The van der Waals surface area contributed by atoms with E-state index in [0.29, 0.717) is 5.56 Å². The number of carbonyl (C=O) groups is 1. The quantitative estimate of drug-likeness (QED) is 0.854. The van der Waals surface area contributed by atoms with Crippen LogP contribution in [0.2, 0.25) is 0 Å². The van der Waals surface area contributed by atoms with Gasteiger partial charge in [0.2, 0.25) is 0 Å². The van der Waals surface area contributed by atoms with Crippen molar-refractivity contribution >= 4 is 17.6 Å². The topological polar surface area (TPSA) is 50.2 Å². The van der Waals surface area contributed by atoms with E-state index in [4.69, 9.17) is 0 Å². The number of aliphatic carboxylic acids is 1. The van der Waals surface area contributed by atoms with Crippen molar-refractivity contribution in [2.75, 3.05) is 0 Å². The summed E-state index contributed by atoms with van der Waals surface area (Å²) in [5, 5.41) is 9.36. The number of aryl methyl sites for hydroxylation is 2. The third-order valence-corrected chi connectivity index (χ3v) is 3.07. The van der Waals surface area contributed by atoms with Gasteiger partial charge in [-0.25, -0.2) is 4.79 Å². The van der Waals surface area contributed by atoms with E-state index < -0.39 is 5.97 Å². The molecule has 0 aliphatic rings. The predicted octanol–water partition coefficient (Wildman–Crippen LogP) is 3.32. The van der Waals surface area contributed by atoms with E-state index in [2.05, 4.69) is 4.98 Å². The summed E-state index contributed by atoms with van der Waals surface area (Å²) in [6.07, 6.45) is 4.95. The second-order valence-corrected chi connectivity index (χ2v) is 4.44. The normalized spacial score (nSPS) is 11.4. The van der Waals surface area contributed by atoms with Crippen molar-refractivity contribution in [1.82, 2.24) is 4.98 Å². The van der Waals surface area contributed by atoms with E-state index in [0.717, 1.165) is 16.7 Å². The Morgan fingerprint density at radius 1 is 1.11 bits per heavy atom. The molecule has 1 heterocycles. The highest BCUT2D eigenvalue weighted by Gasteiger charge is 2.11. The monoisotopic (exact) mass is 253 g/mol. The first kappa shape index (κ1) is 13.0. The zero-order valence-electron chi connectivity index (χ0n) is 10.9. The molecule has 0 fully saturated rings. The first-order valence-corrected chi connectivity index (χ1v) is 6.00. The minimum atomic E-state index is -0.930. The smallest absolute Gasteiger partial charge is 0.336 e. The lowest BCUT2D eigenvalue weighted by Crippen LogP contribution is -2.00. The van der Waals surface area contributed by atoms with Crippen molar-refractivity contribution in [3.63, 3.8) is 0 Å². The van der Waals surface area contributed by atoms with E-state index in [1.807, 2.05) is 32.0 Å². The van der Waals surface area contributed by atoms with E-state index >= 15 is 0 Å². The molecule has 0 amide bonds. The molecule has 0 saturated carbocycles. The molecule has 0 unspecified atom stereocenters. The van der Waals surface area contributed by atoms with E-state index in [-0.39, 0.29) is 5.57 Å². The zero-order chi connectivity index (χ0) is 13.8. The van der Waals surface area contributed by atoms with Crippen LogP contribution in [0.3, 0.4) is 0 Å². The van der Waals surface area contributed by atoms with E-state index in [1.54, 1.807) is 30.6 Å². The molecule has 0 atom stereocenters. The summed E-state index contributed by atoms with van der Waals surface area (Å²) in [7, 11) is 0. The van der Waals surface area contributed by atoms with Crippen molar-refractivity contribution in [2.45, 2.75) is 13.8 Å². The number of pyridine rings is 1. The summed E-state index contributed by atoms with van der Waals surface area (Å²) < 4.78 is 0. The largest absolute Gasteiger partial charge is 0.478 e. The highest BCUT2D eigenvalue weighted by atomic mass is 16.4. The average Bonchev–Trinajstić information content (AvgIpc) is 2.40. The Morgan fingerprint density at radius 3 is 2.37 bits per heavy atom. The van der Waals surface area contributed by atoms with Gasteiger partial charge < -0.3 is 5.11 Å². The third-order valence-electron chi connectivity index (χ3n) is 3.07. The Kier molecular flexibility index (Phi) is 3.76. The average molecular weight is 253 g/mol. The molecule has 0 bridgehead atoms. The van der Waals surface area contributed by atoms with Crippen LogP contribution in [-0.2, 0) is 4.79 Å². The summed E-state index contributed by atoms with van der Waals surface area (Å²) in [4.78, 5) is 15.3. The molecule has 1 N–H and O–H groups in total. The van der Waals surface area contributed by atoms with Gasteiger partial charge in [-0.15, -0.1) is 0 Å². The van der Waals surface area contributed by atoms with E-state index in [9.17, 15) is 9.90 Å². The van der Waals surface area contributed by atoms with Crippen LogP contribution in [0.15, 0.2) is 42.7 Å². The highest BCUT2D eigenvalue weighted by Crippen LogP contribution is 2.21. The lowest BCUT2D eigenvalue weighted by Gasteiger charge is -2.06. The van der Waals surface area contributed by atoms with Gasteiger partial charge in [0.15, 0.2) is 0 Å². The number of carboxylic acid groups (broad SMARTS) is 1. The maximum absolute atomic E-state index is 11.4. The molecule has 2 aromatic rings. The van der Waals surface area contributed by atoms with Crippen LogP contribution in [-0.4, -0.2) is 16.1 Å². The van der Waals surface area contributed by atoms with Gasteiger partial charge in [-0.2, -0.15) is 0 Å². The van der Waals surface area contributed by atoms with Gasteiger partial charge in [0.05, 0.1) is 5.57 Å². The van der Waals surface area contributed by atoms with Crippen LogP contribution in [0.1, 0.15) is 22.3 Å². The second-order valence-electron chi connectivity index (χ2n) is 4.44. The number of nitrogens with zero attached hydrogens (tertiary/aromatic N) is 1. The van der Waals surface area contributed by atoms with Crippen LogP contribution in [0.4, 0.5) is 0 Å². The molecule has 19 heavy (non-hydrogen) atoms. The van der Waals surface area contributed by atoms with Gasteiger partial charge in [0.1, 0.15) is 0 Å². The van der Waals surface area contributed by atoms with Crippen molar-refractivity contribution in [3.8, 4) is 0 Å². The minimum absolute atomic E-state index is 0.286. The molecule has 1 aromatic heterocycles. The molecule has 3 nitrogen and oxygen atoms in total. The van der Waals surface area contributed by atoms with Crippen LogP contribution in [0, 0.1) is 13.8 Å². The molecule has 0 aliphatic carbocycles. The molecule has 2 rings (SSSR count). The van der Waals surface area contributed by atoms with Gasteiger partial charge in [0.25, 0.3) is 0 Å². The molecule has 0 radical (unpaired) electrons. The number of rotatable bonds is 3. The van der Waals surface area contributed by atoms with Crippen molar-refractivity contribution in [1.29, 1.82) is 0 Å². The molecule has 0 saturated heterocycles. The Hall–Kier alpha value is -2.42. The fourth-order valence-electron chi connectivity index (χ4n) is 1.80. The van der Waals surface area contributed by atoms with Crippen LogP contribution < -0.4 is 0 Å². The third kappa shape index (κ3) is 3.07. The molecule has 3 heteroatoms. The molecule has 96 valence electrons. The van der Waals surface area contributed by atoms with Crippen molar-refractivity contribution in [3.05, 3.63) is 65.0 Å². The molecule has 1 aromatic carbocycles. The zero-order valence-corrected chi connectivity index (χ0v) is 10.9. The highest BCUT2D eigenvalue weighted by molar-refractivity contribution is 6.20. The maximum atomic E-state index is 11.4. The van der Waals surface area contributed by atoms with Crippen molar-refractivity contribution in [2.24, 2.45) is 0 Å². The number of hydrogen-bond donors (Lipinski definition) is 1. The summed E-state index contributed by atoms with van der Waals surface area (Å²) in [5.41, 5.74) is 4.06. The minimum Gasteiger partial charge on any atom is -0.478 e. The number of aromatic nitrogens is 1. The van der Waals surface area contributed by atoms with Gasteiger partial charge in [-0.3, -0.25) is 4.98 Å². The van der Waals surface area contributed by atoms with Gasteiger partial charge in [-0.05, 0) is 54.3 Å². The number of carboxylic acids is 1. The fraction of sp³-hybridized carbons (Fsp3) is 0.125. The predicted molar refractivity (Wildman–Crippen MR) is 75.7 cm³/mol. The number of hydrogen-bond acceptors (Lipinski definition) is 2. The Morgan fingerprint density at radius 2 is 1.79 bits per heavy atom. The van der Waals surface area contributed by atoms with Crippen LogP contribution >= 0.6 is 0 Å². The second kappa shape index (κ2) is 5.48. The Balaban J connectivity index is 2.49. The number of benzene rings is 1. The first-order chi connectivity index (χ1) is 9.08. The van der Waals surface area contributed by atoms with Crippen molar-refractivity contribution < 1.29 is 9.90 Å². The maximum Gasteiger partial charge on any atom is 0.336 e. The summed E-state index contributed by atoms with van der Waals surface area (Å²) in [6, 6.07) is 9.24. The molecule has 0 aliphatic heterocycles. The molecular formula is C16H15NO2. The summed E-state index contributed by atoms with van der Waals surface area (Å²) in [6.45, 7) is 3.98. The summed E-state index contributed by atoms with van der Waals surface area (Å²) >= 11 is 0. The van der Waals surface area contributed by atoms with Crippen LogP contribution in [0.5, 0.6) is 0 Å². The first-order valence-electron chi connectivity index (χ1n) is 6.00. The van der Waals surface area contributed by atoms with Gasteiger partial charge in [0, 0.05) is 12.4 Å². The van der Waals surface area contributed by atoms with E-state index in [1.165, 1.54) is 0 Å². The van der Waals surface area contributed by atoms with Crippen LogP contribution in [0.25, 0.3) is 11.6 Å². The fourth-order valence-corrected chi connectivity index (χ4v) is 1.80. The van der Waals surface area contributed by atoms with Gasteiger partial charge in [-0.1, -0.05) is 18.2 Å². The molecular weight excluding hydrogens is 238 g/mol. The Bertz CT molecular complexity index is 630. The van der Waals surface area contributed by atoms with Gasteiger partial charge >= 0.3 is 5.97 Å². The molecule has 0 spiro atoms. The Labute approximate surface area is 112 Å². The lowest BCUT2D eigenvalue weighted by molar-refractivity contribution is -0.130. The SMILES string of the molecule is Cc1ccc(/C(=C/c2ccncc2)C(=O)O)cc1C. The summed E-state index contributed by atoms with van der Waals surface area (Å²) in [5.74, 6) is -0.930. The lowest BCUT2D eigenvalue weighted by atomic mass is 9.99.